The summed E-state index contributed by atoms with van der Waals surface area (Å²) in [4.78, 5) is 26.4. The fourth-order valence-corrected chi connectivity index (χ4v) is 2.71. The van der Waals surface area contributed by atoms with Crippen molar-refractivity contribution < 1.29 is 9.59 Å². The second-order valence-corrected chi connectivity index (χ2v) is 5.00. The zero-order valence-corrected chi connectivity index (χ0v) is 10.0. The maximum Gasteiger partial charge on any atom is 0.321 e. The number of imide groups is 1. The molecule has 2 N–H and O–H groups in total. The molecular weight excluding hydrogens is 234 g/mol. The fourth-order valence-electron chi connectivity index (χ4n) is 0.898. The molecule has 5 nitrogen and oxygen atoms in total. The quantitative estimate of drug-likeness (QED) is 0.769. The summed E-state index contributed by atoms with van der Waals surface area (Å²) in [6.45, 7) is 3.13. The van der Waals surface area contributed by atoms with Gasteiger partial charge in [0.15, 0.2) is 0 Å². The summed E-state index contributed by atoms with van der Waals surface area (Å²) in [5.74, 6) is 0.935. The summed E-state index contributed by atoms with van der Waals surface area (Å²) in [6.07, 6.45) is 0. The van der Waals surface area contributed by atoms with Crippen molar-refractivity contribution in [2.75, 3.05) is 24.6 Å². The number of nitrogens with one attached hydrogen (secondary N) is 2. The Balaban J connectivity index is 2.15. The Hall–Kier alpha value is -0.690. The minimum atomic E-state index is -0.441. The van der Waals surface area contributed by atoms with Crippen LogP contribution in [0.1, 0.15) is 6.92 Å². The van der Waals surface area contributed by atoms with E-state index in [-0.39, 0.29) is 11.7 Å². The molecule has 0 saturated heterocycles. The average Bonchev–Trinajstić information content (AvgIpc) is 2.67. The maximum atomic E-state index is 11.2. The molecule has 0 aromatic carbocycles. The van der Waals surface area contributed by atoms with Gasteiger partial charge in [0.1, 0.15) is 4.38 Å². The second-order valence-electron chi connectivity index (χ2n) is 2.69. The molecule has 0 saturated carbocycles. The lowest BCUT2D eigenvalue weighted by molar-refractivity contribution is -0.117. The van der Waals surface area contributed by atoms with E-state index < -0.39 is 6.03 Å². The highest BCUT2D eigenvalue weighted by Crippen LogP contribution is 2.21. The molecule has 0 radical (unpaired) electrons. The van der Waals surface area contributed by atoms with E-state index in [0.29, 0.717) is 6.54 Å². The molecule has 15 heavy (non-hydrogen) atoms. The molecule has 0 aliphatic carbocycles. The number of urea groups is 1. The third-order valence-corrected chi connectivity index (χ3v) is 3.73. The highest BCUT2D eigenvalue weighted by atomic mass is 32.2. The number of rotatable bonds is 3. The zero-order chi connectivity index (χ0) is 11.1. The van der Waals surface area contributed by atoms with Gasteiger partial charge in [-0.1, -0.05) is 23.5 Å². The molecule has 0 aromatic heterocycles. The number of aliphatic imine (C=N–C) groups is 1. The van der Waals surface area contributed by atoms with Crippen molar-refractivity contribution >= 4 is 39.8 Å². The molecule has 1 rings (SSSR count). The summed E-state index contributed by atoms with van der Waals surface area (Å²) in [5, 5.41) is 4.72. The molecular formula is C8H13N3O2S2. The molecule has 84 valence electrons. The number of hydrogen-bond acceptors (Lipinski definition) is 5. The molecule has 0 aromatic rings. The van der Waals surface area contributed by atoms with Crippen LogP contribution in [0.15, 0.2) is 4.99 Å². The van der Waals surface area contributed by atoms with Gasteiger partial charge < -0.3 is 5.32 Å². The third kappa shape index (κ3) is 5.08. The Labute approximate surface area is 96.9 Å². The topological polar surface area (TPSA) is 70.6 Å². The van der Waals surface area contributed by atoms with E-state index in [1.165, 1.54) is 11.8 Å². The summed E-state index contributed by atoms with van der Waals surface area (Å²) in [5.41, 5.74) is 0. The smallest absolute Gasteiger partial charge is 0.321 e. The zero-order valence-electron chi connectivity index (χ0n) is 8.41. The van der Waals surface area contributed by atoms with Gasteiger partial charge in [-0.3, -0.25) is 15.1 Å². The molecule has 0 spiro atoms. The predicted octanol–water partition coefficient (Wildman–Crippen LogP) is 0.668. The summed E-state index contributed by atoms with van der Waals surface area (Å²) >= 11 is 3.02. The highest BCUT2D eigenvalue weighted by molar-refractivity contribution is 8.39. The van der Waals surface area contributed by atoms with Gasteiger partial charge in [0.25, 0.3) is 0 Å². The van der Waals surface area contributed by atoms with Crippen LogP contribution in [0.25, 0.3) is 0 Å². The summed E-state index contributed by atoms with van der Waals surface area (Å²) in [6, 6.07) is -0.441. The van der Waals surface area contributed by atoms with Crippen molar-refractivity contribution in [1.82, 2.24) is 10.6 Å². The number of nitrogens with zero attached hydrogens (tertiary/aromatic N) is 1. The van der Waals surface area contributed by atoms with Crippen LogP contribution in [-0.2, 0) is 4.79 Å². The third-order valence-electron chi connectivity index (χ3n) is 1.47. The first-order chi connectivity index (χ1) is 7.22. The van der Waals surface area contributed by atoms with Crippen LogP contribution in [-0.4, -0.2) is 40.9 Å². The lowest BCUT2D eigenvalue weighted by Crippen LogP contribution is -2.40. The number of thioether (sulfide) groups is 2. The fraction of sp³-hybridized carbons (Fsp3) is 0.625. The number of carbonyl (C=O) groups excluding carboxylic acids is 2. The van der Waals surface area contributed by atoms with E-state index in [2.05, 4.69) is 15.6 Å². The SMILES string of the molecule is CCNC(=O)NC(=O)CSC1=NCCS1. The first-order valence-corrected chi connectivity index (χ1v) is 6.57. The van der Waals surface area contributed by atoms with E-state index in [1.807, 2.05) is 0 Å². The molecule has 1 aliphatic rings. The Morgan fingerprint density at radius 3 is 3.00 bits per heavy atom. The van der Waals surface area contributed by atoms with Crippen LogP contribution in [0.4, 0.5) is 4.79 Å². The van der Waals surface area contributed by atoms with Gasteiger partial charge in [-0.05, 0) is 6.92 Å². The molecule has 0 bridgehead atoms. The molecule has 0 unspecified atom stereocenters. The summed E-state index contributed by atoms with van der Waals surface area (Å²) < 4.78 is 0.932. The van der Waals surface area contributed by atoms with Crippen LogP contribution >= 0.6 is 23.5 Å². The van der Waals surface area contributed by atoms with Gasteiger partial charge in [0, 0.05) is 12.3 Å². The normalized spacial score (nSPS) is 14.6. The van der Waals surface area contributed by atoms with Crippen molar-refractivity contribution in [2.45, 2.75) is 6.92 Å². The van der Waals surface area contributed by atoms with Gasteiger partial charge in [0.2, 0.25) is 5.91 Å². The molecule has 3 amide bonds. The first kappa shape index (κ1) is 12.4. The van der Waals surface area contributed by atoms with Crippen molar-refractivity contribution in [1.29, 1.82) is 0 Å². The van der Waals surface area contributed by atoms with Gasteiger partial charge in [0.05, 0.1) is 12.3 Å². The number of amides is 3. The Morgan fingerprint density at radius 1 is 1.60 bits per heavy atom. The van der Waals surface area contributed by atoms with E-state index in [0.717, 1.165) is 16.7 Å². The molecule has 1 aliphatic heterocycles. The first-order valence-electron chi connectivity index (χ1n) is 4.60. The Bertz CT molecular complexity index is 281. The molecule has 0 fully saturated rings. The van der Waals surface area contributed by atoms with Crippen LogP contribution in [0, 0.1) is 0 Å². The van der Waals surface area contributed by atoms with E-state index >= 15 is 0 Å². The van der Waals surface area contributed by atoms with Crippen molar-refractivity contribution in [2.24, 2.45) is 4.99 Å². The number of hydrogen-bond donors (Lipinski definition) is 2. The monoisotopic (exact) mass is 247 g/mol. The standard InChI is InChI=1S/C8H13N3O2S2/c1-2-9-7(13)11-6(12)5-15-8-10-3-4-14-8/h2-5H2,1H3,(H2,9,11,12,13). The van der Waals surface area contributed by atoms with Crippen LogP contribution in [0.2, 0.25) is 0 Å². The predicted molar refractivity (Wildman–Crippen MR) is 64.4 cm³/mol. The van der Waals surface area contributed by atoms with Crippen molar-refractivity contribution in [3.05, 3.63) is 0 Å². The van der Waals surface area contributed by atoms with Gasteiger partial charge in [-0.25, -0.2) is 4.79 Å². The second kappa shape index (κ2) is 6.73. The van der Waals surface area contributed by atoms with Crippen molar-refractivity contribution in [3.63, 3.8) is 0 Å². The van der Waals surface area contributed by atoms with Gasteiger partial charge in [-0.15, -0.1) is 0 Å². The van der Waals surface area contributed by atoms with Gasteiger partial charge >= 0.3 is 6.03 Å². The number of carbonyl (C=O) groups is 2. The minimum absolute atomic E-state index is 0.239. The molecule has 0 atom stereocenters. The highest BCUT2D eigenvalue weighted by Gasteiger charge is 2.11. The van der Waals surface area contributed by atoms with Crippen LogP contribution < -0.4 is 10.6 Å². The van der Waals surface area contributed by atoms with E-state index in [9.17, 15) is 9.59 Å². The molecule has 7 heteroatoms. The minimum Gasteiger partial charge on any atom is -0.338 e. The van der Waals surface area contributed by atoms with Crippen LogP contribution in [0.5, 0.6) is 0 Å². The average molecular weight is 247 g/mol. The Morgan fingerprint density at radius 2 is 2.40 bits per heavy atom. The largest absolute Gasteiger partial charge is 0.338 e. The summed E-state index contributed by atoms with van der Waals surface area (Å²) in [7, 11) is 0. The lowest BCUT2D eigenvalue weighted by Gasteiger charge is -2.03. The Kier molecular flexibility index (Phi) is 5.56. The van der Waals surface area contributed by atoms with Crippen LogP contribution in [0.3, 0.4) is 0 Å². The molecule has 1 heterocycles. The van der Waals surface area contributed by atoms with Gasteiger partial charge in [-0.2, -0.15) is 0 Å². The maximum absolute atomic E-state index is 11.2. The van der Waals surface area contributed by atoms with Crippen molar-refractivity contribution in [3.8, 4) is 0 Å². The van der Waals surface area contributed by atoms with E-state index in [1.54, 1.807) is 18.7 Å². The van der Waals surface area contributed by atoms with E-state index in [4.69, 9.17) is 0 Å². The lowest BCUT2D eigenvalue weighted by atomic mass is 10.6.